The van der Waals surface area contributed by atoms with E-state index in [4.69, 9.17) is 9.47 Å². The van der Waals surface area contributed by atoms with Crippen LogP contribution in [-0.4, -0.2) is 32.7 Å². The van der Waals surface area contributed by atoms with Crippen molar-refractivity contribution in [3.8, 4) is 11.5 Å². The lowest BCUT2D eigenvalue weighted by atomic mass is 10.2. The highest BCUT2D eigenvalue weighted by molar-refractivity contribution is 5.78. The Labute approximate surface area is 106 Å². The van der Waals surface area contributed by atoms with E-state index in [-0.39, 0.29) is 11.9 Å². The fraction of sp³-hybridized carbons (Fsp3) is 0.462. The number of carbonyl (C=O) groups is 1. The molecule has 1 aromatic rings. The number of carbonyl (C=O) groups excluding carboxylic acids is 1. The molecule has 0 spiro atoms. The van der Waals surface area contributed by atoms with E-state index in [0.29, 0.717) is 17.9 Å². The van der Waals surface area contributed by atoms with Gasteiger partial charge in [-0.3, -0.25) is 4.79 Å². The van der Waals surface area contributed by atoms with Gasteiger partial charge in [0.15, 0.2) is 11.5 Å². The van der Waals surface area contributed by atoms with Gasteiger partial charge in [0.2, 0.25) is 5.91 Å². The molecule has 1 aromatic carbocycles. The number of anilines is 1. The first kappa shape index (κ1) is 12.5. The second-order valence-electron chi connectivity index (χ2n) is 4.25. The van der Waals surface area contributed by atoms with Crippen LogP contribution in [0.5, 0.6) is 11.5 Å². The molecule has 2 rings (SSSR count). The lowest BCUT2D eigenvalue weighted by Gasteiger charge is -2.14. The van der Waals surface area contributed by atoms with E-state index >= 15 is 0 Å². The Kier molecular flexibility index (Phi) is 3.92. The summed E-state index contributed by atoms with van der Waals surface area (Å²) in [6.45, 7) is 0.723. The van der Waals surface area contributed by atoms with Crippen LogP contribution in [0.4, 0.5) is 5.69 Å². The van der Waals surface area contributed by atoms with Crippen molar-refractivity contribution in [2.24, 2.45) is 0 Å². The molecular formula is C13H18N2O3. The standard InChI is InChI=1S/C13H18N2O3/c1-17-11-5-3-9(7-12(11)18-2)14-8-10-4-6-13(16)15-10/h3,5,7,10,14H,4,6,8H2,1-2H3,(H,15,16). The van der Waals surface area contributed by atoms with Gasteiger partial charge in [0, 0.05) is 30.8 Å². The first-order valence-electron chi connectivity index (χ1n) is 5.98. The minimum absolute atomic E-state index is 0.133. The van der Waals surface area contributed by atoms with E-state index in [0.717, 1.165) is 18.7 Å². The predicted octanol–water partition coefficient (Wildman–Crippen LogP) is 1.39. The van der Waals surface area contributed by atoms with Crippen LogP contribution in [0.3, 0.4) is 0 Å². The maximum Gasteiger partial charge on any atom is 0.220 e. The summed E-state index contributed by atoms with van der Waals surface area (Å²) in [6, 6.07) is 5.88. The van der Waals surface area contributed by atoms with Crippen molar-refractivity contribution >= 4 is 11.6 Å². The van der Waals surface area contributed by atoms with Gasteiger partial charge in [0.1, 0.15) is 0 Å². The Morgan fingerprint density at radius 1 is 1.33 bits per heavy atom. The molecule has 1 aliphatic rings. The van der Waals surface area contributed by atoms with Gasteiger partial charge in [-0.1, -0.05) is 0 Å². The normalized spacial score (nSPS) is 18.3. The Morgan fingerprint density at radius 3 is 2.72 bits per heavy atom. The zero-order chi connectivity index (χ0) is 13.0. The molecule has 0 saturated carbocycles. The summed E-state index contributed by atoms with van der Waals surface area (Å²) in [7, 11) is 3.22. The molecule has 1 atom stereocenters. The Hall–Kier alpha value is -1.91. The molecule has 1 aliphatic heterocycles. The molecule has 18 heavy (non-hydrogen) atoms. The van der Waals surface area contributed by atoms with Gasteiger partial charge in [0.25, 0.3) is 0 Å². The molecule has 1 amide bonds. The van der Waals surface area contributed by atoms with Gasteiger partial charge in [-0.05, 0) is 18.6 Å². The number of nitrogens with one attached hydrogen (secondary N) is 2. The number of ether oxygens (including phenoxy) is 2. The molecule has 0 aliphatic carbocycles. The fourth-order valence-corrected chi connectivity index (χ4v) is 2.02. The molecule has 0 bridgehead atoms. The van der Waals surface area contributed by atoms with Crippen LogP contribution >= 0.6 is 0 Å². The molecule has 5 heteroatoms. The summed E-state index contributed by atoms with van der Waals surface area (Å²) in [5, 5.41) is 6.20. The summed E-state index contributed by atoms with van der Waals surface area (Å²) in [5.74, 6) is 1.53. The van der Waals surface area contributed by atoms with Gasteiger partial charge < -0.3 is 20.1 Å². The number of hydrogen-bond acceptors (Lipinski definition) is 4. The van der Waals surface area contributed by atoms with E-state index < -0.39 is 0 Å². The van der Waals surface area contributed by atoms with Crippen molar-refractivity contribution in [1.82, 2.24) is 5.32 Å². The Morgan fingerprint density at radius 2 is 2.11 bits per heavy atom. The zero-order valence-electron chi connectivity index (χ0n) is 10.7. The molecule has 5 nitrogen and oxygen atoms in total. The van der Waals surface area contributed by atoms with Crippen molar-refractivity contribution in [2.45, 2.75) is 18.9 Å². The lowest BCUT2D eigenvalue weighted by molar-refractivity contribution is -0.119. The number of rotatable bonds is 5. The minimum atomic E-state index is 0.133. The van der Waals surface area contributed by atoms with Crippen LogP contribution in [0.25, 0.3) is 0 Å². The van der Waals surface area contributed by atoms with Crippen molar-refractivity contribution in [3.05, 3.63) is 18.2 Å². The van der Waals surface area contributed by atoms with Crippen LogP contribution in [0.1, 0.15) is 12.8 Å². The van der Waals surface area contributed by atoms with Gasteiger partial charge in [0.05, 0.1) is 14.2 Å². The average Bonchev–Trinajstić information content (AvgIpc) is 2.81. The molecule has 0 aromatic heterocycles. The van der Waals surface area contributed by atoms with Crippen LogP contribution in [0.15, 0.2) is 18.2 Å². The van der Waals surface area contributed by atoms with Crippen molar-refractivity contribution in [2.75, 3.05) is 26.1 Å². The maximum atomic E-state index is 11.1. The third-order valence-electron chi connectivity index (χ3n) is 3.02. The van der Waals surface area contributed by atoms with Gasteiger partial charge in [-0.2, -0.15) is 0 Å². The third-order valence-corrected chi connectivity index (χ3v) is 3.02. The fourth-order valence-electron chi connectivity index (χ4n) is 2.02. The summed E-state index contributed by atoms with van der Waals surface area (Å²) in [6.07, 6.45) is 1.51. The van der Waals surface area contributed by atoms with E-state index in [1.807, 2.05) is 18.2 Å². The first-order chi connectivity index (χ1) is 8.72. The minimum Gasteiger partial charge on any atom is -0.493 e. The highest BCUT2D eigenvalue weighted by atomic mass is 16.5. The van der Waals surface area contributed by atoms with E-state index in [1.54, 1.807) is 14.2 Å². The van der Waals surface area contributed by atoms with Crippen LogP contribution in [0.2, 0.25) is 0 Å². The monoisotopic (exact) mass is 250 g/mol. The highest BCUT2D eigenvalue weighted by Crippen LogP contribution is 2.29. The van der Waals surface area contributed by atoms with Gasteiger partial charge >= 0.3 is 0 Å². The number of benzene rings is 1. The van der Waals surface area contributed by atoms with Gasteiger partial charge in [-0.25, -0.2) is 0 Å². The molecule has 1 saturated heterocycles. The third kappa shape index (κ3) is 2.85. The second-order valence-corrected chi connectivity index (χ2v) is 4.25. The molecule has 98 valence electrons. The van der Waals surface area contributed by atoms with Gasteiger partial charge in [-0.15, -0.1) is 0 Å². The molecule has 1 heterocycles. The predicted molar refractivity (Wildman–Crippen MR) is 69.2 cm³/mol. The molecule has 1 fully saturated rings. The summed E-state index contributed by atoms with van der Waals surface area (Å²) >= 11 is 0. The largest absolute Gasteiger partial charge is 0.493 e. The van der Waals surface area contributed by atoms with E-state index in [2.05, 4.69) is 10.6 Å². The van der Waals surface area contributed by atoms with Crippen molar-refractivity contribution in [1.29, 1.82) is 0 Å². The topological polar surface area (TPSA) is 59.6 Å². The highest BCUT2D eigenvalue weighted by Gasteiger charge is 2.20. The number of amides is 1. The Balaban J connectivity index is 1.95. The quantitative estimate of drug-likeness (QED) is 0.829. The molecular weight excluding hydrogens is 232 g/mol. The maximum absolute atomic E-state index is 11.1. The first-order valence-corrected chi connectivity index (χ1v) is 5.98. The average molecular weight is 250 g/mol. The van der Waals surface area contributed by atoms with Crippen LogP contribution in [0, 0.1) is 0 Å². The summed E-state index contributed by atoms with van der Waals surface area (Å²) in [4.78, 5) is 11.1. The number of hydrogen-bond donors (Lipinski definition) is 2. The molecule has 2 N–H and O–H groups in total. The second kappa shape index (κ2) is 5.62. The van der Waals surface area contributed by atoms with Crippen molar-refractivity contribution < 1.29 is 14.3 Å². The lowest BCUT2D eigenvalue weighted by Crippen LogP contribution is -2.31. The van der Waals surface area contributed by atoms with Crippen LogP contribution in [-0.2, 0) is 4.79 Å². The SMILES string of the molecule is COc1ccc(NCC2CCC(=O)N2)cc1OC. The van der Waals surface area contributed by atoms with E-state index in [9.17, 15) is 4.79 Å². The summed E-state index contributed by atoms with van der Waals surface area (Å²) in [5.41, 5.74) is 0.953. The number of methoxy groups -OCH3 is 2. The molecule has 0 radical (unpaired) electrons. The summed E-state index contributed by atoms with van der Waals surface area (Å²) < 4.78 is 10.4. The van der Waals surface area contributed by atoms with E-state index in [1.165, 1.54) is 0 Å². The zero-order valence-corrected chi connectivity index (χ0v) is 10.7. The van der Waals surface area contributed by atoms with Crippen LogP contribution < -0.4 is 20.1 Å². The Bertz CT molecular complexity index is 434. The smallest absolute Gasteiger partial charge is 0.220 e. The molecule has 1 unspecified atom stereocenters. The van der Waals surface area contributed by atoms with Crippen molar-refractivity contribution in [3.63, 3.8) is 0 Å².